The van der Waals surface area contributed by atoms with Crippen LogP contribution in [-0.4, -0.2) is 75.6 Å². The monoisotopic (exact) mass is 486 g/mol. The Bertz CT molecular complexity index is 1400. The highest BCUT2D eigenvalue weighted by atomic mass is 16.5. The van der Waals surface area contributed by atoms with E-state index >= 15 is 0 Å². The first kappa shape index (κ1) is 22.7. The molecule has 6 rings (SSSR count). The summed E-state index contributed by atoms with van der Waals surface area (Å²) in [4.78, 5) is 36.8. The van der Waals surface area contributed by atoms with Crippen molar-refractivity contribution in [3.8, 4) is 11.5 Å². The summed E-state index contributed by atoms with van der Waals surface area (Å²) in [5.74, 6) is 0.678. The van der Waals surface area contributed by atoms with Crippen molar-refractivity contribution in [1.29, 1.82) is 0 Å². The van der Waals surface area contributed by atoms with Gasteiger partial charge in [-0.15, -0.1) is 0 Å². The molecule has 3 aliphatic heterocycles. The Kier molecular flexibility index (Phi) is 5.30. The van der Waals surface area contributed by atoms with E-state index < -0.39 is 11.6 Å². The molecule has 1 fully saturated rings. The van der Waals surface area contributed by atoms with E-state index in [1.54, 1.807) is 30.2 Å². The van der Waals surface area contributed by atoms with Crippen molar-refractivity contribution in [1.82, 2.24) is 19.7 Å². The fourth-order valence-electron chi connectivity index (χ4n) is 5.99. The number of aromatic nitrogens is 1. The molecule has 1 aromatic heterocycles. The first-order valence-corrected chi connectivity index (χ1v) is 12.4. The minimum Gasteiger partial charge on any atom is -0.508 e. The summed E-state index contributed by atoms with van der Waals surface area (Å²) >= 11 is 0. The van der Waals surface area contributed by atoms with Crippen LogP contribution in [0.15, 0.2) is 54.6 Å². The van der Waals surface area contributed by atoms with E-state index in [1.165, 1.54) is 4.90 Å². The summed E-state index contributed by atoms with van der Waals surface area (Å²) in [6.07, 6.45) is 5.68. The lowest BCUT2D eigenvalue weighted by Gasteiger charge is -2.42. The van der Waals surface area contributed by atoms with Gasteiger partial charge in [-0.3, -0.25) is 19.5 Å². The van der Waals surface area contributed by atoms with Gasteiger partial charge in [-0.2, -0.15) is 0 Å². The van der Waals surface area contributed by atoms with Crippen LogP contribution in [0.25, 0.3) is 10.9 Å². The Morgan fingerprint density at radius 2 is 2.00 bits per heavy atom. The van der Waals surface area contributed by atoms with Crippen LogP contribution in [0.5, 0.6) is 11.5 Å². The third-order valence-corrected chi connectivity index (χ3v) is 7.84. The van der Waals surface area contributed by atoms with Crippen molar-refractivity contribution in [3.05, 3.63) is 71.4 Å². The molecule has 2 atom stereocenters. The van der Waals surface area contributed by atoms with Crippen LogP contribution in [0.4, 0.5) is 4.79 Å². The summed E-state index contributed by atoms with van der Waals surface area (Å²) in [5.41, 5.74) is 2.50. The highest BCUT2D eigenvalue weighted by Gasteiger charge is 2.60. The van der Waals surface area contributed by atoms with Gasteiger partial charge in [-0.1, -0.05) is 24.3 Å². The predicted octanol–water partition coefficient (Wildman–Crippen LogP) is 3.81. The average Bonchev–Trinajstić information content (AvgIpc) is 3.33. The van der Waals surface area contributed by atoms with E-state index in [2.05, 4.69) is 22.0 Å². The number of amides is 3. The number of fused-ring (bicyclic) bond motifs is 4. The quantitative estimate of drug-likeness (QED) is 0.423. The molecule has 36 heavy (non-hydrogen) atoms. The van der Waals surface area contributed by atoms with Crippen LogP contribution >= 0.6 is 0 Å². The molecule has 4 heterocycles. The SMILES string of the molecule is COc1ccc2[nH]c3c(c2c1)C[C@@]1(C)C(=O)N(CCN2CC=CCC2)C(=O)N1[C@@H]3c1cccc(O)c1. The Morgan fingerprint density at radius 3 is 2.75 bits per heavy atom. The molecule has 0 saturated carbocycles. The number of aromatic amines is 1. The molecule has 2 N–H and O–H groups in total. The minimum atomic E-state index is -1.04. The third kappa shape index (κ3) is 3.39. The van der Waals surface area contributed by atoms with Gasteiger partial charge in [0.2, 0.25) is 0 Å². The topological polar surface area (TPSA) is 89.1 Å². The van der Waals surface area contributed by atoms with Gasteiger partial charge in [-0.05, 0) is 54.8 Å². The average molecular weight is 487 g/mol. The fourth-order valence-corrected chi connectivity index (χ4v) is 5.99. The first-order valence-electron chi connectivity index (χ1n) is 12.4. The molecular weight excluding hydrogens is 456 g/mol. The Hall–Kier alpha value is -3.78. The third-order valence-electron chi connectivity index (χ3n) is 7.84. The Labute approximate surface area is 209 Å². The van der Waals surface area contributed by atoms with Crippen molar-refractivity contribution < 1.29 is 19.4 Å². The van der Waals surface area contributed by atoms with Gasteiger partial charge in [0.1, 0.15) is 23.1 Å². The van der Waals surface area contributed by atoms with Gasteiger partial charge in [0.25, 0.3) is 5.91 Å². The minimum absolute atomic E-state index is 0.118. The summed E-state index contributed by atoms with van der Waals surface area (Å²) in [6.45, 7) is 4.63. The second kappa shape index (κ2) is 8.41. The number of phenolic OH excluding ortho intramolecular Hbond substituents is 1. The smallest absolute Gasteiger partial charge is 0.328 e. The lowest BCUT2D eigenvalue weighted by molar-refractivity contribution is -0.133. The largest absolute Gasteiger partial charge is 0.508 e. The summed E-state index contributed by atoms with van der Waals surface area (Å²) < 4.78 is 5.47. The number of benzene rings is 2. The molecular formula is C28H30N4O4. The van der Waals surface area contributed by atoms with Crippen molar-refractivity contribution in [3.63, 3.8) is 0 Å². The lowest BCUT2D eigenvalue weighted by Crippen LogP contribution is -2.53. The lowest BCUT2D eigenvalue weighted by atomic mass is 9.81. The summed E-state index contributed by atoms with van der Waals surface area (Å²) in [7, 11) is 1.63. The van der Waals surface area contributed by atoms with Gasteiger partial charge in [0, 0.05) is 49.2 Å². The molecule has 0 aliphatic carbocycles. The van der Waals surface area contributed by atoms with E-state index in [1.807, 2.05) is 31.2 Å². The number of urea groups is 1. The van der Waals surface area contributed by atoms with Crippen LogP contribution in [0, 0.1) is 0 Å². The zero-order valence-electron chi connectivity index (χ0n) is 20.5. The molecule has 3 aliphatic rings. The fraction of sp³-hybridized carbons (Fsp3) is 0.357. The zero-order chi connectivity index (χ0) is 25.0. The van der Waals surface area contributed by atoms with Gasteiger partial charge in [-0.25, -0.2) is 4.79 Å². The molecule has 8 nitrogen and oxygen atoms in total. The number of hydrogen-bond acceptors (Lipinski definition) is 5. The number of phenols is 1. The van der Waals surface area contributed by atoms with E-state index in [0.29, 0.717) is 19.5 Å². The second-order valence-electron chi connectivity index (χ2n) is 10.0. The highest BCUT2D eigenvalue weighted by Crippen LogP contribution is 2.49. The van der Waals surface area contributed by atoms with E-state index in [0.717, 1.165) is 53.0 Å². The number of imide groups is 1. The first-order chi connectivity index (χ1) is 17.4. The van der Waals surface area contributed by atoms with Gasteiger partial charge in [0.05, 0.1) is 7.11 Å². The number of aromatic hydroxyl groups is 1. The summed E-state index contributed by atoms with van der Waals surface area (Å²) in [5, 5.41) is 11.3. The number of rotatable bonds is 5. The predicted molar refractivity (Wildman–Crippen MR) is 136 cm³/mol. The standard InChI is InChI=1S/C28H30N4O4/c1-28-17-22-21-16-20(36-2)9-10-23(21)29-24(22)25(18-7-6-8-19(33)15-18)32(28)27(35)31(26(28)34)14-13-30-11-4-3-5-12-30/h3-4,6-10,15-16,25,29,33H,5,11-14,17H2,1-2H3/t25-,28+/m1/s1. The van der Waals surface area contributed by atoms with E-state index in [4.69, 9.17) is 4.74 Å². The number of carbonyl (C=O) groups is 2. The zero-order valence-corrected chi connectivity index (χ0v) is 20.5. The molecule has 0 unspecified atom stereocenters. The summed E-state index contributed by atoms with van der Waals surface area (Å²) in [6, 6.07) is 12.0. The van der Waals surface area contributed by atoms with Crippen LogP contribution in [0.1, 0.15) is 36.2 Å². The molecule has 2 aromatic carbocycles. The number of hydrogen-bond donors (Lipinski definition) is 2. The van der Waals surface area contributed by atoms with Crippen molar-refractivity contribution in [2.45, 2.75) is 31.3 Å². The maximum Gasteiger partial charge on any atom is 0.328 e. The molecule has 0 spiro atoms. The van der Waals surface area contributed by atoms with Crippen LogP contribution < -0.4 is 4.74 Å². The number of nitrogens with zero attached hydrogens (tertiary/aromatic N) is 3. The van der Waals surface area contributed by atoms with Gasteiger partial charge < -0.3 is 14.8 Å². The van der Waals surface area contributed by atoms with Crippen molar-refractivity contribution in [2.75, 3.05) is 33.3 Å². The number of methoxy groups -OCH3 is 1. The van der Waals surface area contributed by atoms with E-state index in [-0.39, 0.29) is 17.7 Å². The number of carbonyl (C=O) groups excluding carboxylic acids is 2. The van der Waals surface area contributed by atoms with Gasteiger partial charge in [0.15, 0.2) is 0 Å². The van der Waals surface area contributed by atoms with E-state index in [9.17, 15) is 14.7 Å². The Balaban J connectivity index is 1.45. The van der Waals surface area contributed by atoms with Crippen molar-refractivity contribution >= 4 is 22.8 Å². The normalized spacial score (nSPS) is 23.9. The number of H-pyrrole nitrogens is 1. The molecule has 1 saturated heterocycles. The highest BCUT2D eigenvalue weighted by molar-refractivity contribution is 6.08. The molecule has 3 aromatic rings. The second-order valence-corrected chi connectivity index (χ2v) is 10.0. The van der Waals surface area contributed by atoms with Gasteiger partial charge >= 0.3 is 6.03 Å². The number of nitrogens with one attached hydrogen (secondary N) is 1. The molecule has 8 heteroatoms. The number of ether oxygens (including phenoxy) is 1. The maximum absolute atomic E-state index is 13.9. The molecule has 0 bridgehead atoms. The van der Waals surface area contributed by atoms with Crippen LogP contribution in [-0.2, 0) is 11.2 Å². The Morgan fingerprint density at radius 1 is 1.14 bits per heavy atom. The maximum atomic E-state index is 13.9. The molecule has 0 radical (unpaired) electrons. The van der Waals surface area contributed by atoms with Crippen LogP contribution in [0.3, 0.4) is 0 Å². The molecule has 3 amide bonds. The molecule has 186 valence electrons. The van der Waals surface area contributed by atoms with Crippen LogP contribution in [0.2, 0.25) is 0 Å². The van der Waals surface area contributed by atoms with Crippen molar-refractivity contribution in [2.24, 2.45) is 0 Å².